The van der Waals surface area contributed by atoms with Crippen molar-refractivity contribution >= 4 is 0 Å². The molecule has 0 aliphatic carbocycles. The van der Waals surface area contributed by atoms with Crippen LogP contribution in [0.25, 0.3) is 0 Å². The Bertz CT molecular complexity index is 191. The Morgan fingerprint density at radius 2 is 2.00 bits per heavy atom. The van der Waals surface area contributed by atoms with Crippen molar-refractivity contribution in [1.29, 1.82) is 0 Å². The Morgan fingerprint density at radius 1 is 1.13 bits per heavy atom. The molecule has 2 fully saturated rings. The van der Waals surface area contributed by atoms with Crippen LogP contribution in [-0.4, -0.2) is 37.1 Å². The first-order valence-electron chi connectivity index (χ1n) is 6.72. The Morgan fingerprint density at radius 3 is 2.80 bits per heavy atom. The molecule has 0 amide bonds. The fraction of sp³-hybridized carbons (Fsp3) is 1.00. The summed E-state index contributed by atoms with van der Waals surface area (Å²) in [4.78, 5) is 2.76. The van der Waals surface area contributed by atoms with Crippen molar-refractivity contribution in [2.45, 2.75) is 45.6 Å². The maximum Gasteiger partial charge on any atom is 0.0110 e. The number of hydrogen-bond donors (Lipinski definition) is 1. The average molecular weight is 210 g/mol. The fourth-order valence-corrected chi connectivity index (χ4v) is 3.10. The molecule has 88 valence electrons. The zero-order chi connectivity index (χ0) is 10.7. The van der Waals surface area contributed by atoms with Crippen LogP contribution < -0.4 is 5.32 Å². The number of nitrogens with zero attached hydrogens (tertiary/aromatic N) is 1. The van der Waals surface area contributed by atoms with E-state index >= 15 is 0 Å². The van der Waals surface area contributed by atoms with Crippen LogP contribution in [0.1, 0.15) is 39.5 Å². The van der Waals surface area contributed by atoms with E-state index < -0.39 is 0 Å². The van der Waals surface area contributed by atoms with E-state index in [0.29, 0.717) is 0 Å². The van der Waals surface area contributed by atoms with Gasteiger partial charge in [0.2, 0.25) is 0 Å². The third kappa shape index (κ3) is 2.94. The molecule has 2 unspecified atom stereocenters. The van der Waals surface area contributed by atoms with Crippen molar-refractivity contribution in [2.75, 3.05) is 26.2 Å². The van der Waals surface area contributed by atoms with Gasteiger partial charge in [-0.05, 0) is 37.6 Å². The second-order valence-electron chi connectivity index (χ2n) is 5.62. The molecule has 0 aromatic heterocycles. The number of fused-ring (bicyclic) bond motifs is 1. The maximum atomic E-state index is 3.53. The lowest BCUT2D eigenvalue weighted by Gasteiger charge is -2.30. The van der Waals surface area contributed by atoms with E-state index in [-0.39, 0.29) is 0 Å². The molecular weight excluding hydrogens is 184 g/mol. The standard InChI is InChI=1S/C13H26N2/c1-11(2)12-4-3-5-13-6-7-14-8-9-15(13)10-12/h11-14H,3-10H2,1-2H3. The topological polar surface area (TPSA) is 15.3 Å². The molecule has 2 aliphatic rings. The van der Waals surface area contributed by atoms with Crippen LogP contribution >= 0.6 is 0 Å². The number of nitrogens with one attached hydrogen (secondary N) is 1. The molecular formula is C13H26N2. The highest BCUT2D eigenvalue weighted by atomic mass is 15.2. The molecule has 2 nitrogen and oxygen atoms in total. The van der Waals surface area contributed by atoms with E-state index in [2.05, 4.69) is 24.1 Å². The molecule has 2 heterocycles. The summed E-state index contributed by atoms with van der Waals surface area (Å²) in [6.45, 7) is 9.83. The van der Waals surface area contributed by atoms with Gasteiger partial charge in [-0.1, -0.05) is 20.3 Å². The van der Waals surface area contributed by atoms with Crippen molar-refractivity contribution in [3.63, 3.8) is 0 Å². The molecule has 0 spiro atoms. The van der Waals surface area contributed by atoms with Gasteiger partial charge in [-0.15, -0.1) is 0 Å². The summed E-state index contributed by atoms with van der Waals surface area (Å²) in [7, 11) is 0. The van der Waals surface area contributed by atoms with E-state index in [0.717, 1.165) is 17.9 Å². The lowest BCUT2D eigenvalue weighted by Crippen LogP contribution is -2.38. The summed E-state index contributed by atoms with van der Waals surface area (Å²) in [6.07, 6.45) is 5.71. The summed E-state index contributed by atoms with van der Waals surface area (Å²) in [6, 6.07) is 0.878. The molecule has 15 heavy (non-hydrogen) atoms. The third-order valence-electron chi connectivity index (χ3n) is 4.27. The highest BCUT2D eigenvalue weighted by molar-refractivity contribution is 4.83. The first kappa shape index (κ1) is 11.4. The lowest BCUT2D eigenvalue weighted by atomic mass is 9.91. The molecule has 0 aromatic carbocycles. The van der Waals surface area contributed by atoms with E-state index in [1.54, 1.807) is 0 Å². The predicted molar refractivity (Wildman–Crippen MR) is 65.0 cm³/mol. The molecule has 0 aromatic rings. The minimum Gasteiger partial charge on any atom is -0.315 e. The quantitative estimate of drug-likeness (QED) is 0.713. The van der Waals surface area contributed by atoms with E-state index in [1.807, 2.05) is 0 Å². The highest BCUT2D eigenvalue weighted by Crippen LogP contribution is 2.27. The van der Waals surface area contributed by atoms with Gasteiger partial charge in [0.25, 0.3) is 0 Å². The minimum absolute atomic E-state index is 0.861. The zero-order valence-electron chi connectivity index (χ0n) is 10.3. The van der Waals surface area contributed by atoms with E-state index in [1.165, 1.54) is 51.9 Å². The van der Waals surface area contributed by atoms with Crippen molar-refractivity contribution < 1.29 is 0 Å². The van der Waals surface area contributed by atoms with Crippen molar-refractivity contribution in [3.05, 3.63) is 0 Å². The summed E-state index contributed by atoms with van der Waals surface area (Å²) >= 11 is 0. The SMILES string of the molecule is CC(C)C1CCCC2CCNCCN2C1. The van der Waals surface area contributed by atoms with Crippen molar-refractivity contribution in [2.24, 2.45) is 11.8 Å². The van der Waals surface area contributed by atoms with Crippen LogP contribution in [0.5, 0.6) is 0 Å². The van der Waals surface area contributed by atoms with Gasteiger partial charge < -0.3 is 5.32 Å². The van der Waals surface area contributed by atoms with Crippen LogP contribution in [0.3, 0.4) is 0 Å². The monoisotopic (exact) mass is 210 g/mol. The van der Waals surface area contributed by atoms with Gasteiger partial charge in [0.15, 0.2) is 0 Å². The van der Waals surface area contributed by atoms with Crippen molar-refractivity contribution in [1.82, 2.24) is 10.2 Å². The van der Waals surface area contributed by atoms with Gasteiger partial charge in [-0.2, -0.15) is 0 Å². The summed E-state index contributed by atoms with van der Waals surface area (Å²) in [5.74, 6) is 1.80. The molecule has 0 saturated carbocycles. The minimum atomic E-state index is 0.861. The Labute approximate surface area is 94.4 Å². The normalized spacial score (nSPS) is 34.6. The summed E-state index contributed by atoms with van der Waals surface area (Å²) in [5.41, 5.74) is 0. The lowest BCUT2D eigenvalue weighted by molar-refractivity contribution is 0.172. The maximum absolute atomic E-state index is 3.53. The van der Waals surface area contributed by atoms with Crippen LogP contribution in [0.15, 0.2) is 0 Å². The Kier molecular flexibility index (Phi) is 4.04. The molecule has 0 bridgehead atoms. The van der Waals surface area contributed by atoms with Gasteiger partial charge in [0.1, 0.15) is 0 Å². The second-order valence-corrected chi connectivity index (χ2v) is 5.62. The van der Waals surface area contributed by atoms with Crippen LogP contribution in [0, 0.1) is 11.8 Å². The van der Waals surface area contributed by atoms with Gasteiger partial charge in [-0.3, -0.25) is 4.90 Å². The fourth-order valence-electron chi connectivity index (χ4n) is 3.10. The van der Waals surface area contributed by atoms with Crippen LogP contribution in [0.2, 0.25) is 0 Å². The first-order valence-corrected chi connectivity index (χ1v) is 6.72. The Hall–Kier alpha value is -0.0800. The summed E-state index contributed by atoms with van der Waals surface area (Å²) in [5, 5.41) is 3.53. The molecule has 1 N–H and O–H groups in total. The largest absolute Gasteiger partial charge is 0.315 e. The third-order valence-corrected chi connectivity index (χ3v) is 4.27. The van der Waals surface area contributed by atoms with Gasteiger partial charge in [0.05, 0.1) is 0 Å². The van der Waals surface area contributed by atoms with Crippen molar-refractivity contribution in [3.8, 4) is 0 Å². The number of rotatable bonds is 1. The van der Waals surface area contributed by atoms with Crippen LogP contribution in [-0.2, 0) is 0 Å². The molecule has 2 heteroatoms. The van der Waals surface area contributed by atoms with Crippen LogP contribution in [0.4, 0.5) is 0 Å². The average Bonchev–Trinajstić information content (AvgIpc) is 2.50. The summed E-state index contributed by atoms with van der Waals surface area (Å²) < 4.78 is 0. The zero-order valence-corrected chi connectivity index (χ0v) is 10.3. The molecule has 2 atom stereocenters. The second kappa shape index (κ2) is 5.31. The molecule has 2 saturated heterocycles. The number of hydrogen-bond acceptors (Lipinski definition) is 2. The molecule has 0 radical (unpaired) electrons. The van der Waals surface area contributed by atoms with E-state index in [9.17, 15) is 0 Å². The smallest absolute Gasteiger partial charge is 0.0110 e. The first-order chi connectivity index (χ1) is 7.27. The highest BCUT2D eigenvalue weighted by Gasteiger charge is 2.27. The van der Waals surface area contributed by atoms with E-state index in [4.69, 9.17) is 0 Å². The molecule has 2 rings (SSSR count). The van der Waals surface area contributed by atoms with Gasteiger partial charge >= 0.3 is 0 Å². The Balaban J connectivity index is 1.98. The van der Waals surface area contributed by atoms with Gasteiger partial charge in [-0.25, -0.2) is 0 Å². The van der Waals surface area contributed by atoms with Gasteiger partial charge in [0, 0.05) is 25.7 Å². The molecule has 2 aliphatic heterocycles. The predicted octanol–water partition coefficient (Wildman–Crippen LogP) is 2.11.